The second-order valence-corrected chi connectivity index (χ2v) is 10.5. The molecule has 2 aromatic carbocycles. The lowest BCUT2D eigenvalue weighted by Gasteiger charge is -2.03. The number of anilines is 1. The van der Waals surface area contributed by atoms with Gasteiger partial charge in [0.1, 0.15) is 4.99 Å². The first kappa shape index (κ1) is 23.7. The van der Waals surface area contributed by atoms with Crippen molar-refractivity contribution >= 4 is 81.5 Å². The van der Waals surface area contributed by atoms with Crippen LogP contribution in [-0.2, 0) is 10.5 Å². The lowest BCUT2D eigenvalue weighted by atomic mass is 10.2. The summed E-state index contributed by atoms with van der Waals surface area (Å²) in [5.74, 6) is 0.768. The van der Waals surface area contributed by atoms with Crippen molar-refractivity contribution in [1.29, 1.82) is 0 Å². The van der Waals surface area contributed by atoms with Crippen LogP contribution >= 0.6 is 58.7 Å². The van der Waals surface area contributed by atoms with E-state index in [0.29, 0.717) is 10.0 Å². The molecule has 0 aliphatic rings. The third-order valence-electron chi connectivity index (χ3n) is 3.68. The highest BCUT2D eigenvalue weighted by Crippen LogP contribution is 2.30. The number of nitrogens with one attached hydrogen (secondary N) is 2. The number of aromatic nitrogens is 2. The fraction of sp³-hybridized carbons (Fsp3) is 0.150. The molecule has 6 nitrogen and oxygen atoms in total. The van der Waals surface area contributed by atoms with Crippen molar-refractivity contribution in [3.8, 4) is 0 Å². The van der Waals surface area contributed by atoms with Crippen LogP contribution in [0.1, 0.15) is 11.1 Å². The van der Waals surface area contributed by atoms with Gasteiger partial charge in [0.15, 0.2) is 8.68 Å². The van der Waals surface area contributed by atoms with E-state index in [1.807, 2.05) is 0 Å². The van der Waals surface area contributed by atoms with Crippen LogP contribution in [0.15, 0.2) is 62.3 Å². The Morgan fingerprint density at radius 3 is 2.52 bits per heavy atom. The second-order valence-electron chi connectivity index (χ2n) is 6.19. The number of hydrogen-bond donors (Lipinski definition) is 2. The van der Waals surface area contributed by atoms with E-state index in [1.165, 1.54) is 40.4 Å². The minimum atomic E-state index is -0.250. The van der Waals surface area contributed by atoms with Crippen LogP contribution in [0.3, 0.4) is 0 Å². The minimum absolute atomic E-state index is 0.186. The first-order valence-corrected chi connectivity index (χ1v) is 12.6. The number of aryl methyl sites for hydroxylation is 1. The minimum Gasteiger partial charge on any atom is -0.345 e. The molecule has 2 N–H and O–H groups in total. The molecule has 0 aliphatic heterocycles. The van der Waals surface area contributed by atoms with Crippen LogP contribution in [0.5, 0.6) is 0 Å². The van der Waals surface area contributed by atoms with Gasteiger partial charge in [0.05, 0.1) is 12.0 Å². The molecule has 0 unspecified atom stereocenters. The molecule has 0 fully saturated rings. The Balaban J connectivity index is 1.36. The number of hydrazone groups is 1. The quantitative estimate of drug-likeness (QED) is 0.173. The van der Waals surface area contributed by atoms with E-state index in [0.717, 1.165) is 20.1 Å². The van der Waals surface area contributed by atoms with Gasteiger partial charge >= 0.3 is 0 Å². The van der Waals surface area contributed by atoms with Crippen molar-refractivity contribution in [2.45, 2.75) is 21.4 Å². The summed E-state index contributed by atoms with van der Waals surface area (Å²) in [6, 6.07) is 15.5. The fourth-order valence-electron chi connectivity index (χ4n) is 2.17. The molecule has 0 saturated heterocycles. The van der Waals surface area contributed by atoms with E-state index in [9.17, 15) is 4.79 Å². The van der Waals surface area contributed by atoms with Gasteiger partial charge in [0.2, 0.25) is 0 Å². The second kappa shape index (κ2) is 12.2. The van der Waals surface area contributed by atoms with Crippen molar-refractivity contribution in [2.75, 3.05) is 11.1 Å². The summed E-state index contributed by atoms with van der Waals surface area (Å²) in [5, 5.41) is 15.8. The van der Waals surface area contributed by atoms with Gasteiger partial charge in [-0.1, -0.05) is 88.5 Å². The van der Waals surface area contributed by atoms with Gasteiger partial charge in [-0.2, -0.15) is 5.10 Å². The number of hydrogen-bond acceptors (Lipinski definition) is 8. The Morgan fingerprint density at radius 2 is 1.81 bits per heavy atom. The Bertz CT molecular complexity index is 1050. The van der Waals surface area contributed by atoms with Crippen molar-refractivity contribution in [1.82, 2.24) is 15.6 Å². The molecule has 160 valence electrons. The number of rotatable bonds is 9. The monoisotopic (exact) mass is 507 g/mol. The highest BCUT2D eigenvalue weighted by molar-refractivity contribution is 8.03. The average Bonchev–Trinajstić information content (AvgIpc) is 3.21. The SMILES string of the molecule is Cc1ccc(CSc2nnc(SCC(=O)N/N=C/C(=S)Nc3ccc(Cl)cc3)s2)cc1. The number of thiocarbonyl (C=S) groups is 1. The summed E-state index contributed by atoms with van der Waals surface area (Å²) in [4.78, 5) is 12.3. The van der Waals surface area contributed by atoms with Crippen molar-refractivity contribution in [3.05, 3.63) is 64.7 Å². The summed E-state index contributed by atoms with van der Waals surface area (Å²) in [7, 11) is 0. The van der Waals surface area contributed by atoms with E-state index in [1.54, 1.807) is 36.0 Å². The molecule has 0 spiro atoms. The van der Waals surface area contributed by atoms with Crippen LogP contribution in [0.25, 0.3) is 0 Å². The molecule has 3 rings (SSSR count). The molecule has 0 radical (unpaired) electrons. The van der Waals surface area contributed by atoms with Gasteiger partial charge in [-0.3, -0.25) is 4.79 Å². The number of carbonyl (C=O) groups is 1. The molecule has 0 atom stereocenters. The third kappa shape index (κ3) is 8.58. The largest absolute Gasteiger partial charge is 0.345 e. The summed E-state index contributed by atoms with van der Waals surface area (Å²) < 4.78 is 1.62. The molecule has 0 bridgehead atoms. The smallest absolute Gasteiger partial charge is 0.250 e. The fourth-order valence-corrected chi connectivity index (χ4v) is 5.24. The van der Waals surface area contributed by atoms with E-state index in [-0.39, 0.29) is 11.7 Å². The first-order valence-electron chi connectivity index (χ1n) is 9.01. The maximum Gasteiger partial charge on any atom is 0.250 e. The molecule has 3 aromatic rings. The molecule has 1 aromatic heterocycles. The highest BCUT2D eigenvalue weighted by atomic mass is 35.5. The zero-order valence-corrected chi connectivity index (χ0v) is 20.4. The predicted octanol–water partition coefficient (Wildman–Crippen LogP) is 5.43. The van der Waals surface area contributed by atoms with Crippen molar-refractivity contribution in [2.24, 2.45) is 5.10 Å². The lowest BCUT2D eigenvalue weighted by Crippen LogP contribution is -2.21. The van der Waals surface area contributed by atoms with Gasteiger partial charge in [-0.15, -0.1) is 10.2 Å². The normalized spacial score (nSPS) is 10.9. The molecular weight excluding hydrogens is 490 g/mol. The van der Waals surface area contributed by atoms with Gasteiger partial charge in [0.25, 0.3) is 5.91 Å². The highest BCUT2D eigenvalue weighted by Gasteiger charge is 2.08. The predicted molar refractivity (Wildman–Crippen MR) is 136 cm³/mol. The number of thioether (sulfide) groups is 2. The lowest BCUT2D eigenvalue weighted by molar-refractivity contribution is -0.118. The summed E-state index contributed by atoms with van der Waals surface area (Å²) in [6.45, 7) is 2.07. The molecule has 1 amide bonds. The number of halogens is 1. The maximum atomic E-state index is 12.0. The van der Waals surface area contributed by atoms with Gasteiger partial charge in [0, 0.05) is 16.5 Å². The van der Waals surface area contributed by atoms with E-state index in [4.69, 9.17) is 23.8 Å². The zero-order valence-electron chi connectivity index (χ0n) is 16.4. The topological polar surface area (TPSA) is 79.3 Å². The molecule has 31 heavy (non-hydrogen) atoms. The van der Waals surface area contributed by atoms with Crippen LogP contribution in [0.4, 0.5) is 5.69 Å². The van der Waals surface area contributed by atoms with Crippen LogP contribution in [-0.4, -0.2) is 33.1 Å². The Hall–Kier alpha value is -1.98. The molecule has 0 saturated carbocycles. The van der Waals surface area contributed by atoms with Crippen LogP contribution < -0.4 is 10.7 Å². The van der Waals surface area contributed by atoms with Gasteiger partial charge in [-0.25, -0.2) is 5.43 Å². The molecular formula is C20H18ClN5OS4. The molecule has 0 aliphatic carbocycles. The third-order valence-corrected chi connectivity index (χ3v) is 7.40. The zero-order chi connectivity index (χ0) is 22.1. The first-order chi connectivity index (χ1) is 15.0. The number of amides is 1. The number of carbonyl (C=O) groups excluding carboxylic acids is 1. The van der Waals surface area contributed by atoms with E-state index >= 15 is 0 Å². The van der Waals surface area contributed by atoms with Crippen LogP contribution in [0.2, 0.25) is 5.02 Å². The van der Waals surface area contributed by atoms with E-state index in [2.05, 4.69) is 57.2 Å². The Morgan fingerprint density at radius 1 is 1.13 bits per heavy atom. The summed E-state index contributed by atoms with van der Waals surface area (Å²) in [5.41, 5.74) is 5.71. The number of benzene rings is 2. The Labute approximate surface area is 203 Å². The van der Waals surface area contributed by atoms with E-state index < -0.39 is 0 Å². The van der Waals surface area contributed by atoms with Crippen molar-refractivity contribution < 1.29 is 4.79 Å². The van der Waals surface area contributed by atoms with Crippen molar-refractivity contribution in [3.63, 3.8) is 0 Å². The van der Waals surface area contributed by atoms with Gasteiger partial charge < -0.3 is 5.32 Å². The Kier molecular flexibility index (Phi) is 9.29. The standard InChI is InChI=1S/C20H18ClN5OS4/c1-13-2-4-14(5-3-13)11-29-19-25-26-20(31-19)30-12-17(27)24-22-10-18(28)23-16-8-6-15(21)7-9-16/h2-10H,11-12H2,1H3,(H,23,28)(H,24,27)/b22-10+. The molecule has 1 heterocycles. The summed E-state index contributed by atoms with van der Waals surface area (Å²) >= 11 is 15.4. The maximum absolute atomic E-state index is 12.0. The molecule has 11 heteroatoms. The summed E-state index contributed by atoms with van der Waals surface area (Å²) in [6.07, 6.45) is 1.37. The number of nitrogens with zero attached hydrogens (tertiary/aromatic N) is 3. The van der Waals surface area contributed by atoms with Crippen LogP contribution in [0, 0.1) is 6.92 Å². The van der Waals surface area contributed by atoms with Gasteiger partial charge in [-0.05, 0) is 36.8 Å². The average molecular weight is 508 g/mol.